The summed E-state index contributed by atoms with van der Waals surface area (Å²) in [6.07, 6.45) is 5.32. The van der Waals surface area contributed by atoms with Gasteiger partial charge < -0.3 is 5.11 Å². The standard InChI is InChI=1S/C19H23NOS/c1-3-9-16(4-2)22-19-13-8-6-11-17(19)20-14-15-10-5-7-12-18(15)21/h5-8,10-14,16,21H,3-4,9H2,1-2H3. The van der Waals surface area contributed by atoms with Crippen LogP contribution in [0.4, 0.5) is 5.69 Å². The number of nitrogens with zero attached hydrogens (tertiary/aromatic N) is 1. The van der Waals surface area contributed by atoms with Crippen LogP contribution in [0.25, 0.3) is 0 Å². The highest BCUT2D eigenvalue weighted by Crippen LogP contribution is 2.35. The quantitative estimate of drug-likeness (QED) is 0.516. The van der Waals surface area contributed by atoms with Gasteiger partial charge in [-0.25, -0.2) is 0 Å². The van der Waals surface area contributed by atoms with Crippen molar-refractivity contribution in [3.05, 3.63) is 54.1 Å². The van der Waals surface area contributed by atoms with Crippen LogP contribution in [0.5, 0.6) is 5.75 Å². The summed E-state index contributed by atoms with van der Waals surface area (Å²) in [6.45, 7) is 4.46. The molecule has 0 aliphatic carbocycles. The van der Waals surface area contributed by atoms with Crippen LogP contribution in [0.2, 0.25) is 0 Å². The van der Waals surface area contributed by atoms with Crippen LogP contribution in [-0.4, -0.2) is 16.6 Å². The molecule has 0 aliphatic heterocycles. The molecule has 0 amide bonds. The lowest BCUT2D eigenvalue weighted by Crippen LogP contribution is -1.99. The van der Waals surface area contributed by atoms with Gasteiger partial charge >= 0.3 is 0 Å². The Bertz CT molecular complexity index is 624. The van der Waals surface area contributed by atoms with E-state index in [4.69, 9.17) is 0 Å². The van der Waals surface area contributed by atoms with Crippen molar-refractivity contribution in [3.63, 3.8) is 0 Å². The zero-order valence-corrected chi connectivity index (χ0v) is 14.0. The SMILES string of the molecule is CCCC(CC)Sc1ccccc1N=Cc1ccccc1O. The number of hydrogen-bond donors (Lipinski definition) is 1. The average molecular weight is 313 g/mol. The smallest absolute Gasteiger partial charge is 0.124 e. The van der Waals surface area contributed by atoms with E-state index in [1.807, 2.05) is 42.1 Å². The number of para-hydroxylation sites is 2. The second-order valence-corrected chi connectivity index (χ2v) is 6.56. The molecule has 3 heteroatoms. The molecule has 0 saturated heterocycles. The average Bonchev–Trinajstić information content (AvgIpc) is 2.55. The second-order valence-electron chi connectivity index (χ2n) is 5.22. The van der Waals surface area contributed by atoms with Crippen LogP contribution in [0.15, 0.2) is 58.4 Å². The zero-order valence-electron chi connectivity index (χ0n) is 13.2. The minimum absolute atomic E-state index is 0.258. The Labute approximate surface area is 137 Å². The van der Waals surface area contributed by atoms with Crippen LogP contribution < -0.4 is 0 Å². The maximum atomic E-state index is 9.81. The molecular weight excluding hydrogens is 290 g/mol. The normalized spacial score (nSPS) is 12.6. The summed E-state index contributed by atoms with van der Waals surface area (Å²) < 4.78 is 0. The van der Waals surface area contributed by atoms with Crippen LogP contribution in [-0.2, 0) is 0 Å². The number of phenols is 1. The van der Waals surface area contributed by atoms with Crippen molar-refractivity contribution in [1.82, 2.24) is 0 Å². The molecule has 0 fully saturated rings. The highest BCUT2D eigenvalue weighted by Gasteiger charge is 2.09. The maximum absolute atomic E-state index is 9.81. The van der Waals surface area contributed by atoms with Gasteiger partial charge in [0.1, 0.15) is 5.75 Å². The molecule has 0 saturated carbocycles. The number of hydrogen-bond acceptors (Lipinski definition) is 3. The van der Waals surface area contributed by atoms with Gasteiger partial charge in [-0.2, -0.15) is 0 Å². The Kier molecular flexibility index (Phi) is 6.53. The number of phenolic OH excluding ortho intramolecular Hbond substituents is 1. The van der Waals surface area contributed by atoms with E-state index in [0.717, 1.165) is 17.7 Å². The minimum atomic E-state index is 0.258. The fourth-order valence-corrected chi connectivity index (χ4v) is 3.53. The highest BCUT2D eigenvalue weighted by atomic mass is 32.2. The summed E-state index contributed by atoms with van der Waals surface area (Å²) in [5.41, 5.74) is 1.70. The van der Waals surface area contributed by atoms with Gasteiger partial charge in [0, 0.05) is 21.9 Å². The molecule has 1 unspecified atom stereocenters. The van der Waals surface area contributed by atoms with E-state index in [9.17, 15) is 5.11 Å². The van der Waals surface area contributed by atoms with E-state index in [1.165, 1.54) is 17.7 Å². The zero-order chi connectivity index (χ0) is 15.8. The van der Waals surface area contributed by atoms with Gasteiger partial charge in [0.2, 0.25) is 0 Å². The van der Waals surface area contributed by atoms with Gasteiger partial charge in [-0.1, -0.05) is 44.5 Å². The van der Waals surface area contributed by atoms with Gasteiger partial charge in [-0.05, 0) is 37.1 Å². The molecule has 22 heavy (non-hydrogen) atoms. The Morgan fingerprint density at radius 1 is 1.09 bits per heavy atom. The van der Waals surface area contributed by atoms with Crippen molar-refractivity contribution in [2.75, 3.05) is 0 Å². The number of benzene rings is 2. The molecule has 0 bridgehead atoms. The Morgan fingerprint density at radius 3 is 2.55 bits per heavy atom. The van der Waals surface area contributed by atoms with E-state index in [1.54, 1.807) is 12.3 Å². The van der Waals surface area contributed by atoms with E-state index in [0.29, 0.717) is 5.25 Å². The first-order chi connectivity index (χ1) is 10.7. The van der Waals surface area contributed by atoms with Crippen molar-refractivity contribution in [2.45, 2.75) is 43.3 Å². The van der Waals surface area contributed by atoms with Gasteiger partial charge in [-0.3, -0.25) is 4.99 Å². The molecule has 2 rings (SSSR count). The van der Waals surface area contributed by atoms with E-state index in [2.05, 4.69) is 31.0 Å². The summed E-state index contributed by atoms with van der Waals surface area (Å²) in [6, 6.07) is 15.5. The van der Waals surface area contributed by atoms with Crippen LogP contribution in [0.3, 0.4) is 0 Å². The first-order valence-corrected chi connectivity index (χ1v) is 8.70. The Hall–Kier alpha value is -1.74. The molecule has 116 valence electrons. The lowest BCUT2D eigenvalue weighted by atomic mass is 10.2. The number of aliphatic imine (C=N–C) groups is 1. The van der Waals surface area contributed by atoms with Gasteiger partial charge in [0.05, 0.1) is 5.69 Å². The topological polar surface area (TPSA) is 32.6 Å². The largest absolute Gasteiger partial charge is 0.507 e. The fraction of sp³-hybridized carbons (Fsp3) is 0.316. The minimum Gasteiger partial charge on any atom is -0.507 e. The van der Waals surface area contributed by atoms with Crippen LogP contribution in [0, 0.1) is 0 Å². The molecule has 2 nitrogen and oxygen atoms in total. The lowest BCUT2D eigenvalue weighted by molar-refractivity contribution is 0.474. The fourth-order valence-electron chi connectivity index (χ4n) is 2.25. The molecule has 0 heterocycles. The maximum Gasteiger partial charge on any atom is 0.124 e. The van der Waals surface area contributed by atoms with Crippen LogP contribution in [0.1, 0.15) is 38.7 Å². The van der Waals surface area contributed by atoms with Gasteiger partial charge in [0.25, 0.3) is 0 Å². The molecule has 0 aliphatic rings. The number of thioether (sulfide) groups is 1. The van der Waals surface area contributed by atoms with Crippen molar-refractivity contribution < 1.29 is 5.11 Å². The number of rotatable bonds is 7. The molecule has 0 radical (unpaired) electrons. The first-order valence-electron chi connectivity index (χ1n) is 7.82. The van der Waals surface area contributed by atoms with Crippen molar-refractivity contribution in [1.29, 1.82) is 0 Å². The molecule has 2 aromatic rings. The molecular formula is C19H23NOS. The highest BCUT2D eigenvalue weighted by molar-refractivity contribution is 8.00. The van der Waals surface area contributed by atoms with Gasteiger partial charge in [-0.15, -0.1) is 11.8 Å². The third-order valence-electron chi connectivity index (χ3n) is 3.50. The van der Waals surface area contributed by atoms with E-state index >= 15 is 0 Å². The van der Waals surface area contributed by atoms with Crippen molar-refractivity contribution in [3.8, 4) is 5.75 Å². The summed E-state index contributed by atoms with van der Waals surface area (Å²) >= 11 is 1.90. The predicted molar refractivity (Wildman–Crippen MR) is 96.6 cm³/mol. The van der Waals surface area contributed by atoms with E-state index < -0.39 is 0 Å². The summed E-state index contributed by atoms with van der Waals surface area (Å²) in [5, 5.41) is 10.4. The second kappa shape index (κ2) is 8.64. The Morgan fingerprint density at radius 2 is 1.82 bits per heavy atom. The summed E-state index contributed by atoms with van der Waals surface area (Å²) in [4.78, 5) is 5.78. The molecule has 1 atom stereocenters. The number of aromatic hydroxyl groups is 1. The third-order valence-corrected chi connectivity index (χ3v) is 5.01. The van der Waals surface area contributed by atoms with Crippen LogP contribution >= 0.6 is 11.8 Å². The van der Waals surface area contributed by atoms with E-state index in [-0.39, 0.29) is 5.75 Å². The predicted octanol–water partition coefficient (Wildman–Crippen LogP) is 5.81. The molecule has 1 N–H and O–H groups in total. The first kappa shape index (κ1) is 16.6. The van der Waals surface area contributed by atoms with Gasteiger partial charge in [0.15, 0.2) is 0 Å². The van der Waals surface area contributed by atoms with Crippen molar-refractivity contribution >= 4 is 23.7 Å². The third kappa shape index (κ3) is 4.63. The summed E-state index contributed by atoms with van der Waals surface area (Å²) in [5.74, 6) is 0.258. The van der Waals surface area contributed by atoms with Crippen molar-refractivity contribution in [2.24, 2.45) is 4.99 Å². The Balaban J connectivity index is 2.19. The molecule has 0 spiro atoms. The summed E-state index contributed by atoms with van der Waals surface area (Å²) in [7, 11) is 0. The molecule has 2 aromatic carbocycles. The monoisotopic (exact) mass is 313 g/mol. The molecule has 0 aromatic heterocycles. The lowest BCUT2D eigenvalue weighted by Gasteiger charge is -2.14.